The maximum Gasteiger partial charge on any atom is 0.337 e. The molecule has 0 bridgehead atoms. The average molecular weight is 327 g/mol. The van der Waals surface area contributed by atoms with Crippen molar-refractivity contribution < 1.29 is 19.1 Å². The molecular weight excluding hydrogens is 306 g/mol. The van der Waals surface area contributed by atoms with Gasteiger partial charge < -0.3 is 14.0 Å². The summed E-state index contributed by atoms with van der Waals surface area (Å²) in [5, 5.41) is 0. The molecule has 1 aliphatic rings. The van der Waals surface area contributed by atoms with Crippen LogP contribution in [0.15, 0.2) is 30.3 Å². The second-order valence-electron chi connectivity index (χ2n) is 6.12. The van der Waals surface area contributed by atoms with Crippen LogP contribution in [0, 0.1) is 13.8 Å². The maximum absolute atomic E-state index is 12.5. The highest BCUT2D eigenvalue weighted by Gasteiger charge is 2.28. The van der Waals surface area contributed by atoms with Gasteiger partial charge in [0.25, 0.3) is 0 Å². The SMILES string of the molecule is COC(=O)c1cccc(OCC(=O)c2cc(C)n(C3CC3)c2C)c1. The molecule has 0 amide bonds. The second-order valence-corrected chi connectivity index (χ2v) is 6.12. The van der Waals surface area contributed by atoms with E-state index in [0.29, 0.717) is 22.9 Å². The fourth-order valence-corrected chi connectivity index (χ4v) is 3.01. The molecule has 0 aliphatic heterocycles. The minimum Gasteiger partial charge on any atom is -0.485 e. The molecule has 1 aromatic heterocycles. The Morgan fingerprint density at radius 3 is 2.62 bits per heavy atom. The number of ketones is 1. The molecule has 0 N–H and O–H groups in total. The van der Waals surface area contributed by atoms with Gasteiger partial charge in [-0.1, -0.05) is 6.07 Å². The van der Waals surface area contributed by atoms with Gasteiger partial charge in [-0.15, -0.1) is 0 Å². The molecule has 0 radical (unpaired) electrons. The number of hydrogen-bond acceptors (Lipinski definition) is 4. The van der Waals surface area contributed by atoms with Crippen LogP contribution in [0.25, 0.3) is 0 Å². The van der Waals surface area contributed by atoms with Crippen LogP contribution in [-0.4, -0.2) is 30.0 Å². The van der Waals surface area contributed by atoms with E-state index >= 15 is 0 Å². The van der Waals surface area contributed by atoms with Gasteiger partial charge in [0, 0.05) is 23.0 Å². The van der Waals surface area contributed by atoms with Gasteiger partial charge in [-0.3, -0.25) is 4.79 Å². The number of rotatable bonds is 6. The summed E-state index contributed by atoms with van der Waals surface area (Å²) in [5.41, 5.74) is 3.23. The van der Waals surface area contributed by atoms with Crippen molar-refractivity contribution in [3.05, 3.63) is 52.8 Å². The molecule has 0 atom stereocenters. The largest absolute Gasteiger partial charge is 0.485 e. The molecule has 0 saturated heterocycles. The van der Waals surface area contributed by atoms with Crippen molar-refractivity contribution in [1.82, 2.24) is 4.57 Å². The third-order valence-electron chi connectivity index (χ3n) is 4.32. The summed E-state index contributed by atoms with van der Waals surface area (Å²) in [6, 6.07) is 9.11. The Morgan fingerprint density at radius 1 is 1.21 bits per heavy atom. The Balaban J connectivity index is 1.70. The third-order valence-corrected chi connectivity index (χ3v) is 4.32. The summed E-state index contributed by atoms with van der Waals surface area (Å²) in [6.45, 7) is 3.96. The number of nitrogens with zero attached hydrogens (tertiary/aromatic N) is 1. The van der Waals surface area contributed by atoms with Crippen molar-refractivity contribution in [2.75, 3.05) is 13.7 Å². The number of hydrogen-bond donors (Lipinski definition) is 0. The van der Waals surface area contributed by atoms with Crippen molar-refractivity contribution in [2.45, 2.75) is 32.7 Å². The summed E-state index contributed by atoms with van der Waals surface area (Å²) in [4.78, 5) is 24.0. The first-order valence-electron chi connectivity index (χ1n) is 8.04. The first kappa shape index (κ1) is 16.3. The number of methoxy groups -OCH3 is 1. The first-order chi connectivity index (χ1) is 11.5. The number of esters is 1. The Hall–Kier alpha value is -2.56. The van der Waals surface area contributed by atoms with Crippen LogP contribution in [0.2, 0.25) is 0 Å². The standard InChI is InChI=1S/C19H21NO4/c1-12-9-17(13(2)20(12)15-7-8-15)18(21)11-24-16-6-4-5-14(10-16)19(22)23-3/h4-6,9-10,15H,7-8,11H2,1-3H3. The molecule has 3 rings (SSSR count). The smallest absolute Gasteiger partial charge is 0.337 e. The molecule has 0 spiro atoms. The van der Waals surface area contributed by atoms with E-state index in [1.54, 1.807) is 24.3 Å². The molecule has 1 heterocycles. The van der Waals surface area contributed by atoms with Crippen LogP contribution >= 0.6 is 0 Å². The van der Waals surface area contributed by atoms with Crippen LogP contribution in [-0.2, 0) is 4.74 Å². The van der Waals surface area contributed by atoms with Crippen LogP contribution in [0.3, 0.4) is 0 Å². The van der Waals surface area contributed by atoms with Crippen molar-refractivity contribution in [3.8, 4) is 5.75 Å². The minimum atomic E-state index is -0.431. The van der Waals surface area contributed by atoms with Gasteiger partial charge >= 0.3 is 5.97 Å². The lowest BCUT2D eigenvalue weighted by molar-refractivity contribution is 0.0600. The highest BCUT2D eigenvalue weighted by atomic mass is 16.5. The lowest BCUT2D eigenvalue weighted by Crippen LogP contribution is -2.13. The zero-order chi connectivity index (χ0) is 17.3. The number of Topliss-reactive ketones (excluding diaryl/α,β-unsaturated/α-hetero) is 1. The van der Waals surface area contributed by atoms with E-state index in [9.17, 15) is 9.59 Å². The van der Waals surface area contributed by atoms with Crippen LogP contribution in [0.5, 0.6) is 5.75 Å². The highest BCUT2D eigenvalue weighted by Crippen LogP contribution is 2.38. The molecule has 24 heavy (non-hydrogen) atoms. The quantitative estimate of drug-likeness (QED) is 0.602. The van der Waals surface area contributed by atoms with Crippen LogP contribution in [0.4, 0.5) is 0 Å². The lowest BCUT2D eigenvalue weighted by atomic mass is 10.1. The van der Waals surface area contributed by atoms with Gasteiger partial charge in [-0.25, -0.2) is 4.79 Å². The molecule has 5 heteroatoms. The summed E-state index contributed by atoms with van der Waals surface area (Å²) in [6.07, 6.45) is 2.36. The van der Waals surface area contributed by atoms with E-state index in [0.717, 1.165) is 11.4 Å². The number of aromatic nitrogens is 1. The van der Waals surface area contributed by atoms with Gasteiger partial charge in [0.05, 0.1) is 12.7 Å². The van der Waals surface area contributed by atoms with E-state index in [4.69, 9.17) is 4.74 Å². The Labute approximate surface area is 141 Å². The molecule has 126 valence electrons. The van der Waals surface area contributed by atoms with Crippen molar-refractivity contribution in [3.63, 3.8) is 0 Å². The fraction of sp³-hybridized carbons (Fsp3) is 0.368. The molecule has 0 unspecified atom stereocenters. The molecule has 1 aromatic carbocycles. The third kappa shape index (κ3) is 3.20. The molecule has 1 fully saturated rings. The van der Waals surface area contributed by atoms with Gasteiger partial charge in [-0.05, 0) is 51.0 Å². The minimum absolute atomic E-state index is 0.0560. The zero-order valence-electron chi connectivity index (χ0n) is 14.2. The van der Waals surface area contributed by atoms with Crippen molar-refractivity contribution >= 4 is 11.8 Å². The summed E-state index contributed by atoms with van der Waals surface area (Å²) in [7, 11) is 1.33. The highest BCUT2D eigenvalue weighted by molar-refractivity contribution is 5.98. The normalized spacial score (nSPS) is 13.6. The number of ether oxygens (including phenoxy) is 2. The number of benzene rings is 1. The van der Waals surface area contributed by atoms with Crippen LogP contribution in [0.1, 0.15) is 51.0 Å². The molecule has 5 nitrogen and oxygen atoms in total. The van der Waals surface area contributed by atoms with Crippen molar-refractivity contribution in [1.29, 1.82) is 0 Å². The van der Waals surface area contributed by atoms with E-state index in [-0.39, 0.29) is 12.4 Å². The fourth-order valence-electron chi connectivity index (χ4n) is 3.01. The number of carbonyl (C=O) groups is 2. The Kier molecular flexibility index (Phi) is 4.42. The van der Waals surface area contributed by atoms with Crippen LogP contribution < -0.4 is 4.74 Å². The van der Waals surface area contributed by atoms with E-state index in [1.807, 2.05) is 19.9 Å². The zero-order valence-corrected chi connectivity index (χ0v) is 14.2. The van der Waals surface area contributed by atoms with Gasteiger partial charge in [0.15, 0.2) is 6.61 Å². The van der Waals surface area contributed by atoms with Gasteiger partial charge in [-0.2, -0.15) is 0 Å². The Morgan fingerprint density at radius 2 is 1.96 bits per heavy atom. The monoisotopic (exact) mass is 327 g/mol. The van der Waals surface area contributed by atoms with Gasteiger partial charge in [0.1, 0.15) is 5.75 Å². The topological polar surface area (TPSA) is 57.5 Å². The Bertz CT molecular complexity index is 787. The van der Waals surface area contributed by atoms with Gasteiger partial charge in [0.2, 0.25) is 5.78 Å². The summed E-state index contributed by atoms with van der Waals surface area (Å²) in [5.74, 6) is -0.0134. The second kappa shape index (κ2) is 6.51. The number of aryl methyl sites for hydroxylation is 1. The molecule has 1 aliphatic carbocycles. The lowest BCUT2D eigenvalue weighted by Gasteiger charge is -2.09. The number of carbonyl (C=O) groups excluding carboxylic acids is 2. The predicted molar refractivity (Wildman–Crippen MR) is 89.8 cm³/mol. The van der Waals surface area contributed by atoms with E-state index in [2.05, 4.69) is 9.30 Å². The summed E-state index contributed by atoms with van der Waals surface area (Å²) >= 11 is 0. The first-order valence-corrected chi connectivity index (χ1v) is 8.04. The maximum atomic E-state index is 12.5. The predicted octanol–water partition coefficient (Wildman–Crippen LogP) is 3.49. The van der Waals surface area contributed by atoms with E-state index in [1.165, 1.54) is 20.0 Å². The molecule has 2 aromatic rings. The molecular formula is C19H21NO4. The van der Waals surface area contributed by atoms with E-state index < -0.39 is 5.97 Å². The summed E-state index contributed by atoms with van der Waals surface area (Å²) < 4.78 is 12.5. The van der Waals surface area contributed by atoms with Crippen molar-refractivity contribution in [2.24, 2.45) is 0 Å². The molecule has 1 saturated carbocycles. The average Bonchev–Trinajstić information content (AvgIpc) is 3.37.